The summed E-state index contributed by atoms with van der Waals surface area (Å²) >= 11 is 7.10. The van der Waals surface area contributed by atoms with Crippen LogP contribution in [0.2, 0.25) is 0 Å². The summed E-state index contributed by atoms with van der Waals surface area (Å²) in [5.74, 6) is 0.813. The topological polar surface area (TPSA) is 15.3 Å². The molecule has 19 heavy (non-hydrogen) atoms. The van der Waals surface area contributed by atoms with Gasteiger partial charge in [0, 0.05) is 22.0 Å². The molecule has 1 unspecified atom stereocenters. The minimum Gasteiger partial charge on any atom is -0.316 e. The number of nitrogens with one attached hydrogen (secondary N) is 1. The number of hydrogen-bond acceptors (Lipinski definition) is 2. The summed E-state index contributed by atoms with van der Waals surface area (Å²) in [6, 6.07) is 6.54. The third-order valence-electron chi connectivity index (χ3n) is 3.75. The zero-order valence-electron chi connectivity index (χ0n) is 11.5. The summed E-state index contributed by atoms with van der Waals surface area (Å²) < 4.78 is 2.26. The minimum atomic E-state index is 0.813. The molecular formula is C15H22Br2N2. The lowest BCUT2D eigenvalue weighted by Gasteiger charge is -2.29. The van der Waals surface area contributed by atoms with E-state index in [-0.39, 0.29) is 0 Å². The lowest BCUT2D eigenvalue weighted by molar-refractivity contribution is 0.209. The average Bonchev–Trinajstić information content (AvgIpc) is 2.43. The molecule has 0 saturated carbocycles. The Bertz CT molecular complexity index is 403. The third-order valence-corrected chi connectivity index (χ3v) is 5.63. The Labute approximate surface area is 133 Å². The molecule has 1 N–H and O–H groups in total. The monoisotopic (exact) mass is 388 g/mol. The predicted octanol–water partition coefficient (Wildman–Crippen LogP) is 4.03. The minimum absolute atomic E-state index is 0.813. The Morgan fingerprint density at radius 3 is 2.79 bits per heavy atom. The largest absolute Gasteiger partial charge is 0.316 e. The molecule has 0 aliphatic carbocycles. The van der Waals surface area contributed by atoms with Gasteiger partial charge in [0.25, 0.3) is 0 Å². The molecule has 1 aromatic rings. The lowest BCUT2D eigenvalue weighted by atomic mass is 9.99. The number of hydrogen-bond donors (Lipinski definition) is 1. The number of rotatable bonds is 5. The first-order valence-electron chi connectivity index (χ1n) is 7.06. The van der Waals surface area contributed by atoms with Gasteiger partial charge in [-0.1, -0.05) is 13.0 Å². The van der Waals surface area contributed by atoms with Crippen LogP contribution in [-0.4, -0.2) is 31.1 Å². The smallest absolute Gasteiger partial charge is 0.0320 e. The van der Waals surface area contributed by atoms with Crippen LogP contribution in [0.3, 0.4) is 0 Å². The average molecular weight is 390 g/mol. The molecule has 1 fully saturated rings. The van der Waals surface area contributed by atoms with Crippen molar-refractivity contribution < 1.29 is 0 Å². The van der Waals surface area contributed by atoms with E-state index in [4.69, 9.17) is 0 Å². The van der Waals surface area contributed by atoms with Gasteiger partial charge in [0.2, 0.25) is 0 Å². The van der Waals surface area contributed by atoms with Crippen LogP contribution >= 0.6 is 31.9 Å². The maximum absolute atomic E-state index is 3.58. The summed E-state index contributed by atoms with van der Waals surface area (Å²) in [4.78, 5) is 2.55. The first-order valence-corrected chi connectivity index (χ1v) is 8.64. The van der Waals surface area contributed by atoms with Crippen LogP contribution < -0.4 is 5.32 Å². The lowest BCUT2D eigenvalue weighted by Crippen LogP contribution is -2.38. The number of nitrogens with zero attached hydrogens (tertiary/aromatic N) is 1. The van der Waals surface area contributed by atoms with Crippen molar-refractivity contribution in [3.8, 4) is 0 Å². The Morgan fingerprint density at radius 2 is 2.16 bits per heavy atom. The van der Waals surface area contributed by atoms with Gasteiger partial charge in [0.15, 0.2) is 0 Å². The van der Waals surface area contributed by atoms with E-state index in [2.05, 4.69) is 67.2 Å². The van der Waals surface area contributed by atoms with E-state index in [1.807, 2.05) is 0 Å². The van der Waals surface area contributed by atoms with Gasteiger partial charge in [-0.3, -0.25) is 4.90 Å². The van der Waals surface area contributed by atoms with Gasteiger partial charge in [-0.05, 0) is 87.9 Å². The van der Waals surface area contributed by atoms with Gasteiger partial charge in [-0.15, -0.1) is 0 Å². The molecule has 1 saturated heterocycles. The van der Waals surface area contributed by atoms with E-state index >= 15 is 0 Å². The fraction of sp³-hybridized carbons (Fsp3) is 0.600. The SMILES string of the molecule is CCN(Cc1ccc(Br)c(Br)c1)CC1CCCNC1. The Balaban J connectivity index is 1.92. The molecule has 0 aromatic heterocycles. The van der Waals surface area contributed by atoms with Crippen LogP contribution in [0.25, 0.3) is 0 Å². The number of piperidine rings is 1. The highest BCUT2D eigenvalue weighted by atomic mass is 79.9. The van der Waals surface area contributed by atoms with E-state index < -0.39 is 0 Å². The molecule has 106 valence electrons. The Hall–Kier alpha value is 0.1000. The molecule has 1 aliphatic heterocycles. The van der Waals surface area contributed by atoms with Gasteiger partial charge < -0.3 is 5.32 Å². The molecule has 0 bridgehead atoms. The van der Waals surface area contributed by atoms with Crippen molar-refractivity contribution in [3.63, 3.8) is 0 Å². The van der Waals surface area contributed by atoms with Crippen LogP contribution in [-0.2, 0) is 6.54 Å². The van der Waals surface area contributed by atoms with E-state index in [1.165, 1.54) is 38.0 Å². The quantitative estimate of drug-likeness (QED) is 0.817. The highest BCUT2D eigenvalue weighted by molar-refractivity contribution is 9.13. The molecule has 4 heteroatoms. The second-order valence-electron chi connectivity index (χ2n) is 5.29. The molecular weight excluding hydrogens is 368 g/mol. The summed E-state index contributed by atoms with van der Waals surface area (Å²) in [5.41, 5.74) is 1.38. The fourth-order valence-electron chi connectivity index (χ4n) is 2.65. The van der Waals surface area contributed by atoms with Gasteiger partial charge >= 0.3 is 0 Å². The van der Waals surface area contributed by atoms with E-state index in [9.17, 15) is 0 Å². The normalized spacial score (nSPS) is 19.9. The maximum Gasteiger partial charge on any atom is 0.0320 e. The maximum atomic E-state index is 3.58. The molecule has 1 atom stereocenters. The van der Waals surface area contributed by atoms with Gasteiger partial charge in [-0.25, -0.2) is 0 Å². The zero-order valence-corrected chi connectivity index (χ0v) is 14.6. The standard InChI is InChI=1S/C15H22Br2N2/c1-2-19(11-13-4-3-7-18-9-13)10-12-5-6-14(16)15(17)8-12/h5-6,8,13,18H,2-4,7,9-11H2,1H3. The zero-order chi connectivity index (χ0) is 13.7. The van der Waals surface area contributed by atoms with Crippen molar-refractivity contribution >= 4 is 31.9 Å². The van der Waals surface area contributed by atoms with Crippen molar-refractivity contribution in [1.82, 2.24) is 10.2 Å². The summed E-state index contributed by atoms with van der Waals surface area (Å²) in [7, 11) is 0. The number of benzene rings is 1. The molecule has 2 nitrogen and oxygen atoms in total. The molecule has 2 rings (SSSR count). The molecule has 1 aliphatic rings. The van der Waals surface area contributed by atoms with Crippen molar-refractivity contribution in [3.05, 3.63) is 32.7 Å². The first-order chi connectivity index (χ1) is 9.19. The Kier molecular flexibility index (Phi) is 6.33. The summed E-state index contributed by atoms with van der Waals surface area (Å²) in [6.45, 7) is 7.99. The predicted molar refractivity (Wildman–Crippen MR) is 88.4 cm³/mol. The fourth-order valence-corrected chi connectivity index (χ4v) is 3.32. The van der Waals surface area contributed by atoms with Crippen LogP contribution in [0.4, 0.5) is 0 Å². The molecule has 0 radical (unpaired) electrons. The first kappa shape index (κ1) is 15.5. The third kappa shape index (κ3) is 4.85. The summed E-state index contributed by atoms with van der Waals surface area (Å²) in [5, 5.41) is 3.50. The van der Waals surface area contributed by atoms with Gasteiger partial charge in [-0.2, -0.15) is 0 Å². The Morgan fingerprint density at radius 1 is 1.32 bits per heavy atom. The van der Waals surface area contributed by atoms with Crippen LogP contribution in [0, 0.1) is 5.92 Å². The molecule has 1 aromatic carbocycles. The second kappa shape index (κ2) is 7.77. The van der Waals surface area contributed by atoms with Crippen molar-refractivity contribution in [2.24, 2.45) is 5.92 Å². The molecule has 0 spiro atoms. The van der Waals surface area contributed by atoms with Gasteiger partial charge in [0.05, 0.1) is 0 Å². The molecule has 0 amide bonds. The van der Waals surface area contributed by atoms with Gasteiger partial charge in [0.1, 0.15) is 0 Å². The van der Waals surface area contributed by atoms with Crippen LogP contribution in [0.15, 0.2) is 27.1 Å². The van der Waals surface area contributed by atoms with Crippen LogP contribution in [0.1, 0.15) is 25.3 Å². The molecule has 1 heterocycles. The van der Waals surface area contributed by atoms with Crippen molar-refractivity contribution in [2.45, 2.75) is 26.3 Å². The second-order valence-corrected chi connectivity index (χ2v) is 7.00. The highest BCUT2D eigenvalue weighted by Crippen LogP contribution is 2.24. The number of halogens is 2. The van der Waals surface area contributed by atoms with E-state index in [1.54, 1.807) is 0 Å². The van der Waals surface area contributed by atoms with E-state index in [0.29, 0.717) is 0 Å². The van der Waals surface area contributed by atoms with Crippen LogP contribution in [0.5, 0.6) is 0 Å². The van der Waals surface area contributed by atoms with E-state index in [0.717, 1.165) is 28.0 Å². The summed E-state index contributed by atoms with van der Waals surface area (Å²) in [6.07, 6.45) is 2.69. The highest BCUT2D eigenvalue weighted by Gasteiger charge is 2.16. The van der Waals surface area contributed by atoms with Crippen molar-refractivity contribution in [1.29, 1.82) is 0 Å². The van der Waals surface area contributed by atoms with Crippen molar-refractivity contribution in [2.75, 3.05) is 26.2 Å².